The molecule has 16 heavy (non-hydrogen) atoms. The number of hydrogen-bond donors (Lipinski definition) is 1. The average Bonchev–Trinajstić information content (AvgIpc) is 2.87. The quantitative estimate of drug-likeness (QED) is 0.706. The standard InChI is InChI=1S/C12H20N2O2/c15-12(11-2-1-7-16-11)14-6-5-9-3-4-10(8-14)13-9/h9-11,13H,1-8H2/t9?,10?,11-/m1/s1. The molecule has 3 heterocycles. The zero-order valence-corrected chi connectivity index (χ0v) is 9.65. The lowest BCUT2D eigenvalue weighted by atomic mass is 10.1. The van der Waals surface area contributed by atoms with Crippen molar-refractivity contribution in [3.63, 3.8) is 0 Å². The summed E-state index contributed by atoms with van der Waals surface area (Å²) in [6.45, 7) is 2.55. The third-order valence-electron chi connectivity index (χ3n) is 4.04. The molecular weight excluding hydrogens is 204 g/mol. The van der Waals surface area contributed by atoms with Crippen LogP contribution in [-0.4, -0.2) is 48.7 Å². The van der Waals surface area contributed by atoms with Gasteiger partial charge in [-0.25, -0.2) is 0 Å². The van der Waals surface area contributed by atoms with Crippen LogP contribution in [0, 0.1) is 0 Å². The van der Waals surface area contributed by atoms with Gasteiger partial charge in [0.15, 0.2) is 0 Å². The van der Waals surface area contributed by atoms with Crippen LogP contribution in [0.4, 0.5) is 0 Å². The number of amides is 1. The van der Waals surface area contributed by atoms with Gasteiger partial charge in [0.1, 0.15) is 6.10 Å². The molecule has 0 aliphatic carbocycles. The number of nitrogens with one attached hydrogen (secondary N) is 1. The summed E-state index contributed by atoms with van der Waals surface area (Å²) in [5, 5.41) is 3.59. The van der Waals surface area contributed by atoms with Gasteiger partial charge in [0, 0.05) is 31.8 Å². The van der Waals surface area contributed by atoms with Crippen molar-refractivity contribution in [3.8, 4) is 0 Å². The van der Waals surface area contributed by atoms with Gasteiger partial charge < -0.3 is 15.0 Å². The van der Waals surface area contributed by atoms with Crippen LogP contribution in [0.3, 0.4) is 0 Å². The van der Waals surface area contributed by atoms with Crippen LogP contribution < -0.4 is 5.32 Å². The molecule has 2 unspecified atom stereocenters. The fraction of sp³-hybridized carbons (Fsp3) is 0.917. The zero-order chi connectivity index (χ0) is 11.0. The topological polar surface area (TPSA) is 41.6 Å². The summed E-state index contributed by atoms with van der Waals surface area (Å²) in [6, 6.07) is 1.17. The Morgan fingerprint density at radius 2 is 2.06 bits per heavy atom. The molecule has 0 radical (unpaired) electrons. The summed E-state index contributed by atoms with van der Waals surface area (Å²) < 4.78 is 5.48. The lowest BCUT2D eigenvalue weighted by Gasteiger charge is -2.26. The second-order valence-electron chi connectivity index (χ2n) is 5.21. The Kier molecular flexibility index (Phi) is 2.86. The minimum absolute atomic E-state index is 0.142. The van der Waals surface area contributed by atoms with Crippen molar-refractivity contribution in [2.45, 2.75) is 50.3 Å². The Morgan fingerprint density at radius 3 is 2.88 bits per heavy atom. The molecular formula is C12H20N2O2. The van der Waals surface area contributed by atoms with Crippen molar-refractivity contribution in [3.05, 3.63) is 0 Å². The van der Waals surface area contributed by atoms with Crippen molar-refractivity contribution in [2.75, 3.05) is 19.7 Å². The largest absolute Gasteiger partial charge is 0.368 e. The lowest BCUT2D eigenvalue weighted by molar-refractivity contribution is -0.141. The van der Waals surface area contributed by atoms with E-state index in [9.17, 15) is 4.79 Å². The smallest absolute Gasteiger partial charge is 0.251 e. The normalized spacial score (nSPS) is 38.8. The summed E-state index contributed by atoms with van der Waals surface area (Å²) in [6.07, 6.45) is 5.42. The van der Waals surface area contributed by atoms with E-state index in [-0.39, 0.29) is 12.0 Å². The fourth-order valence-corrected chi connectivity index (χ4v) is 3.12. The van der Waals surface area contributed by atoms with Gasteiger partial charge >= 0.3 is 0 Å². The summed E-state index contributed by atoms with van der Waals surface area (Å²) in [5.41, 5.74) is 0. The highest BCUT2D eigenvalue weighted by molar-refractivity contribution is 5.81. The van der Waals surface area contributed by atoms with E-state index >= 15 is 0 Å². The van der Waals surface area contributed by atoms with Gasteiger partial charge in [-0.05, 0) is 32.1 Å². The van der Waals surface area contributed by atoms with Crippen LogP contribution in [0.5, 0.6) is 0 Å². The minimum atomic E-state index is -0.142. The molecule has 4 heteroatoms. The fourth-order valence-electron chi connectivity index (χ4n) is 3.12. The lowest BCUT2D eigenvalue weighted by Crippen LogP contribution is -2.43. The van der Waals surface area contributed by atoms with E-state index in [1.165, 1.54) is 12.8 Å². The number of nitrogens with zero attached hydrogens (tertiary/aromatic N) is 1. The van der Waals surface area contributed by atoms with E-state index in [2.05, 4.69) is 5.32 Å². The van der Waals surface area contributed by atoms with Gasteiger partial charge in [-0.15, -0.1) is 0 Å². The monoisotopic (exact) mass is 224 g/mol. The molecule has 3 atom stereocenters. The first-order valence-electron chi connectivity index (χ1n) is 6.49. The van der Waals surface area contributed by atoms with E-state index in [1.54, 1.807) is 0 Å². The first kappa shape index (κ1) is 10.5. The Hall–Kier alpha value is -0.610. The Labute approximate surface area is 96.3 Å². The highest BCUT2D eigenvalue weighted by Crippen LogP contribution is 2.22. The number of hydrogen-bond acceptors (Lipinski definition) is 3. The van der Waals surface area contributed by atoms with Crippen LogP contribution in [0.15, 0.2) is 0 Å². The summed E-state index contributed by atoms with van der Waals surface area (Å²) in [7, 11) is 0. The van der Waals surface area contributed by atoms with Gasteiger partial charge in [-0.1, -0.05) is 0 Å². The Morgan fingerprint density at radius 1 is 1.19 bits per heavy atom. The number of fused-ring (bicyclic) bond motifs is 2. The Bertz CT molecular complexity index is 276. The molecule has 3 aliphatic rings. The molecule has 1 N–H and O–H groups in total. The molecule has 0 spiro atoms. The van der Waals surface area contributed by atoms with Crippen molar-refractivity contribution in [1.29, 1.82) is 0 Å². The third-order valence-corrected chi connectivity index (χ3v) is 4.04. The molecule has 4 nitrogen and oxygen atoms in total. The van der Waals surface area contributed by atoms with Gasteiger partial charge in [0.25, 0.3) is 5.91 Å². The number of likely N-dealkylation sites (tertiary alicyclic amines) is 1. The van der Waals surface area contributed by atoms with E-state index in [0.29, 0.717) is 12.1 Å². The second kappa shape index (κ2) is 4.34. The zero-order valence-electron chi connectivity index (χ0n) is 9.65. The van der Waals surface area contributed by atoms with Crippen LogP contribution in [0.1, 0.15) is 32.1 Å². The minimum Gasteiger partial charge on any atom is -0.368 e. The van der Waals surface area contributed by atoms with E-state index in [0.717, 1.165) is 39.0 Å². The molecule has 3 saturated heterocycles. The number of ether oxygens (including phenoxy) is 1. The molecule has 3 rings (SSSR count). The van der Waals surface area contributed by atoms with E-state index < -0.39 is 0 Å². The van der Waals surface area contributed by atoms with Crippen LogP contribution in [-0.2, 0) is 9.53 Å². The Balaban J connectivity index is 1.63. The van der Waals surface area contributed by atoms with E-state index in [1.807, 2.05) is 4.90 Å². The van der Waals surface area contributed by atoms with Crippen molar-refractivity contribution < 1.29 is 9.53 Å². The van der Waals surface area contributed by atoms with Crippen LogP contribution in [0.25, 0.3) is 0 Å². The molecule has 0 aromatic rings. The molecule has 1 amide bonds. The van der Waals surface area contributed by atoms with E-state index in [4.69, 9.17) is 4.74 Å². The van der Waals surface area contributed by atoms with Gasteiger partial charge in [0.05, 0.1) is 0 Å². The summed E-state index contributed by atoms with van der Waals surface area (Å²) in [4.78, 5) is 14.2. The maximum absolute atomic E-state index is 12.2. The van der Waals surface area contributed by atoms with Gasteiger partial charge in [-0.3, -0.25) is 4.79 Å². The molecule has 3 fully saturated rings. The van der Waals surface area contributed by atoms with Crippen molar-refractivity contribution in [2.24, 2.45) is 0 Å². The van der Waals surface area contributed by atoms with Crippen molar-refractivity contribution >= 4 is 5.91 Å². The first-order valence-corrected chi connectivity index (χ1v) is 6.49. The summed E-state index contributed by atoms with van der Waals surface area (Å²) >= 11 is 0. The highest BCUT2D eigenvalue weighted by Gasteiger charge is 2.34. The maximum atomic E-state index is 12.2. The van der Waals surface area contributed by atoms with Gasteiger partial charge in [-0.2, -0.15) is 0 Å². The molecule has 0 saturated carbocycles. The molecule has 2 bridgehead atoms. The summed E-state index contributed by atoms with van der Waals surface area (Å²) in [5.74, 6) is 0.229. The SMILES string of the molecule is O=C([C@H]1CCCO1)N1CCC2CCC(C1)N2. The average molecular weight is 224 g/mol. The van der Waals surface area contributed by atoms with Crippen molar-refractivity contribution in [1.82, 2.24) is 10.2 Å². The molecule has 3 aliphatic heterocycles. The van der Waals surface area contributed by atoms with Crippen LogP contribution >= 0.6 is 0 Å². The number of carbonyl (C=O) groups is 1. The maximum Gasteiger partial charge on any atom is 0.251 e. The predicted octanol–water partition coefficient (Wildman–Crippen LogP) is 0.518. The third kappa shape index (κ3) is 1.96. The number of rotatable bonds is 1. The molecule has 90 valence electrons. The number of carbonyl (C=O) groups excluding carboxylic acids is 1. The highest BCUT2D eigenvalue weighted by atomic mass is 16.5. The molecule has 0 aromatic carbocycles. The van der Waals surface area contributed by atoms with Gasteiger partial charge in [0.2, 0.25) is 0 Å². The second-order valence-corrected chi connectivity index (χ2v) is 5.21. The first-order chi connectivity index (χ1) is 7.83. The molecule has 0 aromatic heterocycles. The van der Waals surface area contributed by atoms with Crippen LogP contribution in [0.2, 0.25) is 0 Å². The predicted molar refractivity (Wildman–Crippen MR) is 60.1 cm³/mol.